The van der Waals surface area contributed by atoms with Crippen LogP contribution in [0, 0.1) is 5.92 Å². The first kappa shape index (κ1) is 14.9. The van der Waals surface area contributed by atoms with Gasteiger partial charge in [0.05, 0.1) is 0 Å². The lowest BCUT2D eigenvalue weighted by Gasteiger charge is -1.93. The maximum absolute atomic E-state index is 9.93. The molecule has 0 saturated carbocycles. The van der Waals surface area contributed by atoms with Crippen molar-refractivity contribution in [2.75, 3.05) is 6.54 Å². The molecule has 0 aliphatic heterocycles. The molecule has 0 rings (SSSR count). The summed E-state index contributed by atoms with van der Waals surface area (Å²) in [5.41, 5.74) is 5.20. The summed E-state index contributed by atoms with van der Waals surface area (Å²) in [5, 5.41) is 8.18. The fourth-order valence-corrected chi connectivity index (χ4v) is 0.597. The number of hydrogen-bond donors (Lipinski definition) is 2. The average Bonchev–Trinajstić information content (AvgIpc) is 1.97. The van der Waals surface area contributed by atoms with Crippen molar-refractivity contribution >= 4 is 5.97 Å². The summed E-state index contributed by atoms with van der Waals surface area (Å²) in [6.07, 6.45) is 2.91. The SMILES string of the molecule is CC(C)C.NCCCCCC(=O)O. The van der Waals surface area contributed by atoms with Crippen LogP contribution in [0.25, 0.3) is 0 Å². The highest BCUT2D eigenvalue weighted by molar-refractivity contribution is 5.66. The highest BCUT2D eigenvalue weighted by atomic mass is 16.4. The van der Waals surface area contributed by atoms with Crippen molar-refractivity contribution in [1.29, 1.82) is 0 Å². The molecular formula is C10H23NO2. The van der Waals surface area contributed by atoms with Gasteiger partial charge in [-0.05, 0) is 25.3 Å². The number of carboxylic acid groups (broad SMARTS) is 1. The second-order valence-electron chi connectivity index (χ2n) is 3.73. The van der Waals surface area contributed by atoms with Gasteiger partial charge in [-0.2, -0.15) is 0 Å². The summed E-state index contributed by atoms with van der Waals surface area (Å²) in [4.78, 5) is 9.93. The molecule has 0 atom stereocenters. The maximum atomic E-state index is 9.93. The van der Waals surface area contributed by atoms with E-state index >= 15 is 0 Å². The molecule has 0 heterocycles. The lowest BCUT2D eigenvalue weighted by molar-refractivity contribution is -0.137. The van der Waals surface area contributed by atoms with E-state index in [1.807, 2.05) is 0 Å². The lowest BCUT2D eigenvalue weighted by Crippen LogP contribution is -1.99. The Morgan fingerprint density at radius 3 is 2.00 bits per heavy atom. The van der Waals surface area contributed by atoms with E-state index in [1.54, 1.807) is 0 Å². The van der Waals surface area contributed by atoms with E-state index in [4.69, 9.17) is 10.8 Å². The zero-order valence-electron chi connectivity index (χ0n) is 9.05. The van der Waals surface area contributed by atoms with Crippen molar-refractivity contribution in [3.8, 4) is 0 Å². The Bertz CT molecular complexity index is 111. The first-order valence-electron chi connectivity index (χ1n) is 4.92. The predicted molar refractivity (Wildman–Crippen MR) is 55.7 cm³/mol. The quantitative estimate of drug-likeness (QED) is 0.652. The molecule has 0 bridgehead atoms. The van der Waals surface area contributed by atoms with Crippen LogP contribution < -0.4 is 5.73 Å². The fourth-order valence-electron chi connectivity index (χ4n) is 0.597. The largest absolute Gasteiger partial charge is 0.481 e. The van der Waals surface area contributed by atoms with E-state index in [1.165, 1.54) is 0 Å². The molecule has 0 unspecified atom stereocenters. The van der Waals surface area contributed by atoms with Gasteiger partial charge >= 0.3 is 5.97 Å². The summed E-state index contributed by atoms with van der Waals surface area (Å²) >= 11 is 0. The lowest BCUT2D eigenvalue weighted by atomic mass is 10.2. The second kappa shape index (κ2) is 11.4. The zero-order chi connectivity index (χ0) is 10.7. The van der Waals surface area contributed by atoms with Gasteiger partial charge in [0, 0.05) is 6.42 Å². The topological polar surface area (TPSA) is 63.3 Å². The van der Waals surface area contributed by atoms with Crippen LogP contribution in [0.15, 0.2) is 0 Å². The van der Waals surface area contributed by atoms with Crippen LogP contribution in [-0.2, 0) is 4.79 Å². The molecule has 3 N–H and O–H groups in total. The van der Waals surface area contributed by atoms with Crippen LogP contribution in [0.2, 0.25) is 0 Å². The van der Waals surface area contributed by atoms with E-state index in [0.29, 0.717) is 6.54 Å². The molecule has 0 aromatic rings. The van der Waals surface area contributed by atoms with Crippen LogP contribution in [-0.4, -0.2) is 17.6 Å². The summed E-state index contributed by atoms with van der Waals surface area (Å²) in [5.74, 6) is 0.118. The Hall–Kier alpha value is -0.570. The normalized spacial score (nSPS) is 9.31. The first-order chi connectivity index (χ1) is 6.00. The van der Waals surface area contributed by atoms with Crippen LogP contribution in [0.5, 0.6) is 0 Å². The van der Waals surface area contributed by atoms with Crippen LogP contribution in [0.4, 0.5) is 0 Å². The highest BCUT2D eigenvalue weighted by Gasteiger charge is 1.94. The van der Waals surface area contributed by atoms with Gasteiger partial charge in [-0.1, -0.05) is 27.2 Å². The second-order valence-corrected chi connectivity index (χ2v) is 3.73. The number of aliphatic carboxylic acids is 1. The molecule has 0 aromatic heterocycles. The smallest absolute Gasteiger partial charge is 0.303 e. The first-order valence-corrected chi connectivity index (χ1v) is 4.92. The Kier molecular flexibility index (Phi) is 13.1. The number of rotatable bonds is 5. The Balaban J connectivity index is 0. The van der Waals surface area contributed by atoms with Crippen molar-refractivity contribution < 1.29 is 9.90 Å². The monoisotopic (exact) mass is 189 g/mol. The third-order valence-electron chi connectivity index (χ3n) is 1.09. The minimum atomic E-state index is -0.716. The van der Waals surface area contributed by atoms with Crippen molar-refractivity contribution in [3.05, 3.63) is 0 Å². The van der Waals surface area contributed by atoms with E-state index in [2.05, 4.69) is 20.8 Å². The Morgan fingerprint density at radius 1 is 1.23 bits per heavy atom. The summed E-state index contributed by atoms with van der Waals surface area (Å²) in [6, 6.07) is 0. The molecule has 0 spiro atoms. The van der Waals surface area contributed by atoms with Crippen LogP contribution in [0.3, 0.4) is 0 Å². The van der Waals surface area contributed by atoms with Gasteiger partial charge in [0.2, 0.25) is 0 Å². The molecule has 0 aromatic carbocycles. The third kappa shape index (κ3) is 34.5. The third-order valence-corrected chi connectivity index (χ3v) is 1.09. The van der Waals surface area contributed by atoms with E-state index in [9.17, 15) is 4.79 Å². The van der Waals surface area contributed by atoms with Crippen molar-refractivity contribution in [1.82, 2.24) is 0 Å². The summed E-state index contributed by atoms with van der Waals surface area (Å²) in [7, 11) is 0. The van der Waals surface area contributed by atoms with Gasteiger partial charge in [0.1, 0.15) is 0 Å². The number of carbonyl (C=O) groups is 1. The summed E-state index contributed by atoms with van der Waals surface area (Å²) < 4.78 is 0. The van der Waals surface area contributed by atoms with Crippen molar-refractivity contribution in [2.24, 2.45) is 11.7 Å². The van der Waals surface area contributed by atoms with E-state index < -0.39 is 5.97 Å². The minimum absolute atomic E-state index is 0.278. The van der Waals surface area contributed by atoms with Crippen LogP contribution >= 0.6 is 0 Å². The standard InChI is InChI=1S/C6H13NO2.C4H10/c7-5-3-1-2-4-6(8)9;1-4(2)3/h1-5,7H2,(H,8,9);4H,1-3H3. The van der Waals surface area contributed by atoms with Gasteiger partial charge in [-0.25, -0.2) is 0 Å². The van der Waals surface area contributed by atoms with E-state index in [-0.39, 0.29) is 6.42 Å². The molecule has 3 heteroatoms. The zero-order valence-corrected chi connectivity index (χ0v) is 9.05. The Morgan fingerprint density at radius 2 is 1.69 bits per heavy atom. The molecule has 0 amide bonds. The summed E-state index contributed by atoms with van der Waals surface area (Å²) in [6.45, 7) is 7.17. The molecule has 0 saturated heterocycles. The molecule has 0 aliphatic carbocycles. The molecule has 0 fully saturated rings. The van der Waals surface area contributed by atoms with Crippen LogP contribution in [0.1, 0.15) is 46.5 Å². The van der Waals surface area contributed by atoms with Crippen molar-refractivity contribution in [2.45, 2.75) is 46.5 Å². The molecule has 13 heavy (non-hydrogen) atoms. The van der Waals surface area contributed by atoms with Gasteiger partial charge in [0.15, 0.2) is 0 Å². The molecule has 80 valence electrons. The maximum Gasteiger partial charge on any atom is 0.303 e. The molecule has 3 nitrogen and oxygen atoms in total. The Labute approximate surface area is 81.3 Å². The van der Waals surface area contributed by atoms with Gasteiger partial charge in [0.25, 0.3) is 0 Å². The fraction of sp³-hybridized carbons (Fsp3) is 0.900. The number of nitrogens with two attached hydrogens (primary N) is 1. The highest BCUT2D eigenvalue weighted by Crippen LogP contribution is 1.97. The molecular weight excluding hydrogens is 166 g/mol. The number of carboxylic acids is 1. The average molecular weight is 189 g/mol. The van der Waals surface area contributed by atoms with Gasteiger partial charge in [-0.15, -0.1) is 0 Å². The molecule has 0 radical (unpaired) electrons. The van der Waals surface area contributed by atoms with Crippen molar-refractivity contribution in [3.63, 3.8) is 0 Å². The van der Waals surface area contributed by atoms with Gasteiger partial charge in [-0.3, -0.25) is 4.79 Å². The van der Waals surface area contributed by atoms with E-state index in [0.717, 1.165) is 25.2 Å². The predicted octanol–water partition coefficient (Wildman–Crippen LogP) is 2.25. The number of unbranched alkanes of at least 4 members (excludes halogenated alkanes) is 2. The minimum Gasteiger partial charge on any atom is -0.481 e. The van der Waals surface area contributed by atoms with Gasteiger partial charge < -0.3 is 10.8 Å². The molecule has 0 aliphatic rings. The number of hydrogen-bond acceptors (Lipinski definition) is 2.